The highest BCUT2D eigenvalue weighted by molar-refractivity contribution is 5.83. The van der Waals surface area contributed by atoms with E-state index < -0.39 is 0 Å². The number of amides is 1. The molecular formula is C22H24N2O3. The maximum Gasteiger partial charge on any atom is 0.325 e. The molecule has 3 rings (SSSR count). The SMILES string of the molecule is CCOC(=O)CN(Cc1ccccc1)C(=O)CCn1ccc2ccccc21. The van der Waals surface area contributed by atoms with Crippen LogP contribution in [0.5, 0.6) is 0 Å². The predicted molar refractivity (Wildman–Crippen MR) is 105 cm³/mol. The Hall–Kier alpha value is -3.08. The molecule has 0 aliphatic rings. The minimum Gasteiger partial charge on any atom is -0.465 e. The first-order valence-electron chi connectivity index (χ1n) is 9.18. The van der Waals surface area contributed by atoms with Crippen molar-refractivity contribution < 1.29 is 14.3 Å². The number of nitrogens with zero attached hydrogens (tertiary/aromatic N) is 2. The van der Waals surface area contributed by atoms with Crippen molar-refractivity contribution in [3.05, 3.63) is 72.4 Å². The van der Waals surface area contributed by atoms with E-state index in [1.165, 1.54) is 0 Å². The quantitative estimate of drug-likeness (QED) is 0.574. The minimum absolute atomic E-state index is 0.0337. The van der Waals surface area contributed by atoms with Gasteiger partial charge in [0.2, 0.25) is 5.91 Å². The van der Waals surface area contributed by atoms with E-state index in [-0.39, 0.29) is 18.4 Å². The summed E-state index contributed by atoms with van der Waals surface area (Å²) in [6, 6.07) is 19.8. The van der Waals surface area contributed by atoms with Crippen LogP contribution in [-0.2, 0) is 27.4 Å². The molecule has 0 bridgehead atoms. The number of para-hydroxylation sites is 1. The molecule has 3 aromatic rings. The lowest BCUT2D eigenvalue weighted by Crippen LogP contribution is -2.36. The highest BCUT2D eigenvalue weighted by Crippen LogP contribution is 2.16. The summed E-state index contributed by atoms with van der Waals surface area (Å²) in [6.07, 6.45) is 2.32. The van der Waals surface area contributed by atoms with E-state index in [1.54, 1.807) is 11.8 Å². The average Bonchev–Trinajstić information content (AvgIpc) is 3.10. The predicted octanol–water partition coefficient (Wildman–Crippen LogP) is 3.62. The van der Waals surface area contributed by atoms with Gasteiger partial charge in [0.25, 0.3) is 0 Å². The van der Waals surface area contributed by atoms with Gasteiger partial charge in [0, 0.05) is 31.2 Å². The number of aromatic nitrogens is 1. The van der Waals surface area contributed by atoms with Gasteiger partial charge in [-0.1, -0.05) is 48.5 Å². The number of carbonyl (C=O) groups is 2. The third-order valence-electron chi connectivity index (χ3n) is 4.44. The van der Waals surface area contributed by atoms with Crippen LogP contribution in [0.4, 0.5) is 0 Å². The molecule has 140 valence electrons. The van der Waals surface area contributed by atoms with Gasteiger partial charge in [-0.05, 0) is 30.0 Å². The fourth-order valence-corrected chi connectivity index (χ4v) is 3.11. The number of esters is 1. The molecule has 0 unspecified atom stereocenters. The van der Waals surface area contributed by atoms with Crippen molar-refractivity contribution in [2.75, 3.05) is 13.2 Å². The molecule has 0 N–H and O–H groups in total. The van der Waals surface area contributed by atoms with Crippen LogP contribution in [-0.4, -0.2) is 34.5 Å². The van der Waals surface area contributed by atoms with Crippen LogP contribution in [0.2, 0.25) is 0 Å². The summed E-state index contributed by atoms with van der Waals surface area (Å²) in [5.74, 6) is -0.446. The molecule has 0 aliphatic heterocycles. The molecule has 5 nitrogen and oxygen atoms in total. The molecule has 0 saturated heterocycles. The molecule has 5 heteroatoms. The van der Waals surface area contributed by atoms with E-state index in [4.69, 9.17) is 4.74 Å². The zero-order valence-electron chi connectivity index (χ0n) is 15.5. The highest BCUT2D eigenvalue weighted by Gasteiger charge is 2.18. The number of hydrogen-bond donors (Lipinski definition) is 0. The van der Waals surface area contributed by atoms with Crippen LogP contribution in [0.25, 0.3) is 10.9 Å². The molecule has 27 heavy (non-hydrogen) atoms. The van der Waals surface area contributed by atoms with E-state index in [0.29, 0.717) is 26.1 Å². The van der Waals surface area contributed by atoms with Gasteiger partial charge in [0.1, 0.15) is 6.54 Å². The van der Waals surface area contributed by atoms with Crippen molar-refractivity contribution in [3.63, 3.8) is 0 Å². The van der Waals surface area contributed by atoms with Gasteiger partial charge in [-0.3, -0.25) is 9.59 Å². The monoisotopic (exact) mass is 364 g/mol. The normalized spacial score (nSPS) is 10.7. The van der Waals surface area contributed by atoms with Crippen LogP contribution < -0.4 is 0 Å². The van der Waals surface area contributed by atoms with Gasteiger partial charge in [-0.15, -0.1) is 0 Å². The van der Waals surface area contributed by atoms with Crippen molar-refractivity contribution in [3.8, 4) is 0 Å². The standard InChI is InChI=1S/C22H24N2O3/c1-2-27-22(26)17-24(16-18-8-4-3-5-9-18)21(25)13-15-23-14-12-19-10-6-7-11-20(19)23/h3-12,14H,2,13,15-17H2,1H3. The number of fused-ring (bicyclic) bond motifs is 1. The second-order valence-electron chi connectivity index (χ2n) is 6.36. The molecule has 1 amide bonds. The third kappa shape index (κ3) is 4.97. The van der Waals surface area contributed by atoms with E-state index in [1.807, 2.05) is 60.8 Å². The van der Waals surface area contributed by atoms with Crippen molar-refractivity contribution in [2.45, 2.75) is 26.4 Å². The number of benzene rings is 2. The number of aryl methyl sites for hydroxylation is 1. The lowest BCUT2D eigenvalue weighted by molar-refractivity contribution is -0.149. The first-order chi connectivity index (χ1) is 13.2. The Morgan fingerprint density at radius 3 is 2.52 bits per heavy atom. The number of hydrogen-bond acceptors (Lipinski definition) is 3. The first-order valence-corrected chi connectivity index (χ1v) is 9.18. The Morgan fingerprint density at radius 2 is 1.74 bits per heavy atom. The average molecular weight is 364 g/mol. The molecule has 0 saturated carbocycles. The smallest absolute Gasteiger partial charge is 0.325 e. The van der Waals surface area contributed by atoms with Crippen LogP contribution >= 0.6 is 0 Å². The lowest BCUT2D eigenvalue weighted by atomic mass is 10.2. The second-order valence-corrected chi connectivity index (χ2v) is 6.36. The lowest BCUT2D eigenvalue weighted by Gasteiger charge is -2.22. The van der Waals surface area contributed by atoms with E-state index in [9.17, 15) is 9.59 Å². The highest BCUT2D eigenvalue weighted by atomic mass is 16.5. The minimum atomic E-state index is -0.381. The molecule has 0 radical (unpaired) electrons. The van der Waals surface area contributed by atoms with Crippen molar-refractivity contribution in [1.82, 2.24) is 9.47 Å². The van der Waals surface area contributed by atoms with Crippen molar-refractivity contribution in [2.24, 2.45) is 0 Å². The first kappa shape index (κ1) is 18.7. The molecule has 1 heterocycles. The summed E-state index contributed by atoms with van der Waals surface area (Å²) < 4.78 is 7.10. The van der Waals surface area contributed by atoms with Gasteiger partial charge >= 0.3 is 5.97 Å². The summed E-state index contributed by atoms with van der Waals surface area (Å²) in [7, 11) is 0. The zero-order chi connectivity index (χ0) is 19.1. The van der Waals surface area contributed by atoms with E-state index >= 15 is 0 Å². The molecule has 0 atom stereocenters. The Balaban J connectivity index is 1.68. The Labute approximate surface area is 159 Å². The van der Waals surface area contributed by atoms with Gasteiger partial charge in [-0.2, -0.15) is 0 Å². The molecule has 1 aromatic heterocycles. The second kappa shape index (κ2) is 9.03. The van der Waals surface area contributed by atoms with Gasteiger partial charge in [-0.25, -0.2) is 0 Å². The Bertz CT molecular complexity index is 902. The largest absolute Gasteiger partial charge is 0.465 e. The third-order valence-corrected chi connectivity index (χ3v) is 4.44. The van der Waals surface area contributed by atoms with Crippen molar-refractivity contribution >= 4 is 22.8 Å². The maximum absolute atomic E-state index is 12.8. The van der Waals surface area contributed by atoms with Gasteiger partial charge < -0.3 is 14.2 Å². The summed E-state index contributed by atoms with van der Waals surface area (Å²) in [5, 5.41) is 1.15. The van der Waals surface area contributed by atoms with Crippen LogP contribution in [0.15, 0.2) is 66.9 Å². The molecule has 0 fully saturated rings. The van der Waals surface area contributed by atoms with E-state index in [2.05, 4.69) is 10.6 Å². The van der Waals surface area contributed by atoms with Crippen LogP contribution in [0, 0.1) is 0 Å². The number of carbonyl (C=O) groups excluding carboxylic acids is 2. The molecule has 0 spiro atoms. The summed E-state index contributed by atoms with van der Waals surface area (Å²) in [6.45, 7) is 3.00. The fraction of sp³-hybridized carbons (Fsp3) is 0.273. The van der Waals surface area contributed by atoms with Gasteiger partial charge in [0.05, 0.1) is 6.61 Å². The summed E-state index contributed by atoms with van der Waals surface area (Å²) in [5.41, 5.74) is 2.09. The van der Waals surface area contributed by atoms with E-state index in [0.717, 1.165) is 16.5 Å². The Morgan fingerprint density at radius 1 is 1.00 bits per heavy atom. The maximum atomic E-state index is 12.8. The summed E-state index contributed by atoms with van der Waals surface area (Å²) >= 11 is 0. The number of ether oxygens (including phenoxy) is 1. The fourth-order valence-electron chi connectivity index (χ4n) is 3.11. The molecule has 2 aromatic carbocycles. The Kier molecular flexibility index (Phi) is 6.26. The molecular weight excluding hydrogens is 340 g/mol. The van der Waals surface area contributed by atoms with Gasteiger partial charge in [0.15, 0.2) is 0 Å². The zero-order valence-corrected chi connectivity index (χ0v) is 15.5. The topological polar surface area (TPSA) is 51.5 Å². The molecule has 0 aliphatic carbocycles. The summed E-state index contributed by atoms with van der Waals surface area (Å²) in [4.78, 5) is 26.3. The van der Waals surface area contributed by atoms with Crippen molar-refractivity contribution in [1.29, 1.82) is 0 Å². The van der Waals surface area contributed by atoms with Crippen LogP contribution in [0.1, 0.15) is 18.9 Å². The number of rotatable bonds is 8. The van der Waals surface area contributed by atoms with Crippen LogP contribution in [0.3, 0.4) is 0 Å².